The number of benzene rings is 1. The topological polar surface area (TPSA) is 66.4 Å². The Balaban J connectivity index is 2.57. The molecule has 0 saturated carbocycles. The summed E-state index contributed by atoms with van der Waals surface area (Å²) in [6, 6.07) is 4.42. The van der Waals surface area contributed by atoms with Gasteiger partial charge in [-0.05, 0) is 43.5 Å². The second-order valence-electron chi connectivity index (χ2n) is 4.25. The first-order valence-electron chi connectivity index (χ1n) is 5.71. The predicted molar refractivity (Wildman–Crippen MR) is 68.3 cm³/mol. The molecule has 0 saturated heterocycles. The lowest BCUT2D eigenvalue weighted by molar-refractivity contribution is 0.295. The molecule has 0 aromatic heterocycles. The largest absolute Gasteiger partial charge is 0.395 e. The van der Waals surface area contributed by atoms with Crippen LogP contribution in [0.2, 0.25) is 0 Å². The van der Waals surface area contributed by atoms with Gasteiger partial charge in [0.15, 0.2) is 0 Å². The molecule has 1 aromatic rings. The van der Waals surface area contributed by atoms with Crippen molar-refractivity contribution in [3.05, 3.63) is 35.1 Å². The van der Waals surface area contributed by atoms with Crippen LogP contribution in [0.15, 0.2) is 18.2 Å². The van der Waals surface area contributed by atoms with Crippen molar-refractivity contribution in [3.8, 4) is 0 Å². The lowest BCUT2D eigenvalue weighted by Gasteiger charge is -2.12. The molecule has 18 heavy (non-hydrogen) atoms. The van der Waals surface area contributed by atoms with Crippen LogP contribution in [0.5, 0.6) is 0 Å². The zero-order valence-electron chi connectivity index (χ0n) is 10.5. The first-order valence-corrected chi connectivity index (χ1v) is 7.26. The van der Waals surface area contributed by atoms with Crippen molar-refractivity contribution in [2.75, 3.05) is 13.2 Å². The predicted octanol–water partition coefficient (Wildman–Crippen LogP) is 0.977. The summed E-state index contributed by atoms with van der Waals surface area (Å²) in [5.74, 6) is -0.300. The van der Waals surface area contributed by atoms with E-state index in [0.29, 0.717) is 6.42 Å². The first-order chi connectivity index (χ1) is 8.36. The van der Waals surface area contributed by atoms with Crippen molar-refractivity contribution in [3.63, 3.8) is 0 Å². The zero-order chi connectivity index (χ0) is 13.8. The maximum absolute atomic E-state index is 12.9. The Kier molecular flexibility index (Phi) is 5.25. The van der Waals surface area contributed by atoms with Gasteiger partial charge in [0.1, 0.15) is 5.82 Å². The molecular weight excluding hydrogens is 257 g/mol. The summed E-state index contributed by atoms with van der Waals surface area (Å²) in [6.07, 6.45) is 0.490. The van der Waals surface area contributed by atoms with Crippen molar-refractivity contribution >= 4 is 10.0 Å². The molecule has 0 bridgehead atoms. The van der Waals surface area contributed by atoms with Crippen LogP contribution in [0.4, 0.5) is 4.39 Å². The molecule has 0 radical (unpaired) electrons. The Hall–Kier alpha value is -0.980. The average molecular weight is 275 g/mol. The highest BCUT2D eigenvalue weighted by molar-refractivity contribution is 7.90. The van der Waals surface area contributed by atoms with Gasteiger partial charge in [0.2, 0.25) is 10.0 Å². The van der Waals surface area contributed by atoms with Crippen molar-refractivity contribution < 1.29 is 17.9 Å². The summed E-state index contributed by atoms with van der Waals surface area (Å²) in [5, 5.41) is 7.97. The summed E-state index contributed by atoms with van der Waals surface area (Å²) in [7, 11) is -3.48. The Labute approximate surface area is 107 Å². The first kappa shape index (κ1) is 15.1. The second kappa shape index (κ2) is 6.26. The molecule has 1 atom stereocenters. The molecule has 1 rings (SSSR count). The Morgan fingerprint density at radius 3 is 2.67 bits per heavy atom. The molecule has 0 aliphatic heterocycles. The minimum Gasteiger partial charge on any atom is -0.395 e. The molecule has 1 unspecified atom stereocenters. The van der Waals surface area contributed by atoms with Crippen molar-refractivity contribution in [1.29, 1.82) is 0 Å². The number of hydrogen-bond acceptors (Lipinski definition) is 3. The lowest BCUT2D eigenvalue weighted by atomic mass is 10.1. The smallest absolute Gasteiger partial charge is 0.216 e. The van der Waals surface area contributed by atoms with E-state index in [1.165, 1.54) is 19.1 Å². The average Bonchev–Trinajstić information content (AvgIpc) is 2.30. The number of nitrogens with one attached hydrogen (secondary N) is 1. The normalized spacial score (nSPS) is 13.6. The standard InChI is InChI=1S/C12H18FNO3S/c1-9-7-12(13)4-3-11(9)5-6-14-18(16,17)10(2)8-15/h3-4,7,10,14-15H,5-6,8H2,1-2H3. The summed E-state index contributed by atoms with van der Waals surface area (Å²) >= 11 is 0. The van der Waals surface area contributed by atoms with Gasteiger partial charge in [0.25, 0.3) is 0 Å². The third-order valence-corrected chi connectivity index (χ3v) is 4.60. The monoisotopic (exact) mass is 275 g/mol. The SMILES string of the molecule is Cc1cc(F)ccc1CCNS(=O)(=O)C(C)CO. The number of hydrogen-bond donors (Lipinski definition) is 2. The quantitative estimate of drug-likeness (QED) is 0.813. The summed E-state index contributed by atoms with van der Waals surface area (Å²) in [4.78, 5) is 0. The maximum atomic E-state index is 12.9. The lowest BCUT2D eigenvalue weighted by Crippen LogP contribution is -2.35. The van der Waals surface area contributed by atoms with Crippen LogP contribution in [0.3, 0.4) is 0 Å². The van der Waals surface area contributed by atoms with Gasteiger partial charge in [-0.25, -0.2) is 17.5 Å². The maximum Gasteiger partial charge on any atom is 0.216 e. The third kappa shape index (κ3) is 4.04. The molecule has 102 valence electrons. The number of halogens is 1. The van der Waals surface area contributed by atoms with Gasteiger partial charge in [-0.2, -0.15) is 0 Å². The van der Waals surface area contributed by atoms with E-state index in [-0.39, 0.29) is 12.4 Å². The minimum absolute atomic E-state index is 0.235. The van der Waals surface area contributed by atoms with E-state index >= 15 is 0 Å². The van der Waals surface area contributed by atoms with Gasteiger partial charge in [-0.1, -0.05) is 6.07 Å². The van der Waals surface area contributed by atoms with Gasteiger partial charge in [0.05, 0.1) is 11.9 Å². The van der Waals surface area contributed by atoms with Crippen LogP contribution in [-0.2, 0) is 16.4 Å². The molecular formula is C12H18FNO3S. The highest BCUT2D eigenvalue weighted by Gasteiger charge is 2.18. The zero-order valence-corrected chi connectivity index (χ0v) is 11.3. The molecule has 4 nitrogen and oxygen atoms in total. The molecule has 0 heterocycles. The summed E-state index contributed by atoms with van der Waals surface area (Å²) in [5.41, 5.74) is 1.69. The van der Waals surface area contributed by atoms with Crippen LogP contribution in [0.25, 0.3) is 0 Å². The van der Waals surface area contributed by atoms with E-state index in [1.807, 2.05) is 0 Å². The molecule has 2 N–H and O–H groups in total. The van der Waals surface area contributed by atoms with Crippen LogP contribution in [0.1, 0.15) is 18.1 Å². The van der Waals surface area contributed by atoms with Gasteiger partial charge >= 0.3 is 0 Å². The Bertz CT molecular complexity index is 502. The van der Waals surface area contributed by atoms with E-state index in [0.717, 1.165) is 11.1 Å². The molecule has 6 heteroatoms. The molecule has 1 aromatic carbocycles. The van der Waals surface area contributed by atoms with Crippen LogP contribution in [0, 0.1) is 12.7 Å². The van der Waals surface area contributed by atoms with Crippen LogP contribution < -0.4 is 4.72 Å². The number of aliphatic hydroxyl groups is 1. The molecule has 0 amide bonds. The molecule has 0 aliphatic rings. The number of aliphatic hydroxyl groups excluding tert-OH is 1. The van der Waals surface area contributed by atoms with E-state index < -0.39 is 21.9 Å². The highest BCUT2D eigenvalue weighted by atomic mass is 32.2. The summed E-state index contributed by atoms with van der Waals surface area (Å²) in [6.45, 7) is 3.04. The Morgan fingerprint density at radius 2 is 2.11 bits per heavy atom. The van der Waals surface area contributed by atoms with E-state index in [2.05, 4.69) is 4.72 Å². The van der Waals surface area contributed by atoms with E-state index in [9.17, 15) is 12.8 Å². The van der Waals surface area contributed by atoms with Gasteiger partial charge in [-0.15, -0.1) is 0 Å². The number of aryl methyl sites for hydroxylation is 1. The molecule has 0 spiro atoms. The van der Waals surface area contributed by atoms with E-state index in [4.69, 9.17) is 5.11 Å². The highest BCUT2D eigenvalue weighted by Crippen LogP contribution is 2.10. The summed E-state index contributed by atoms with van der Waals surface area (Å²) < 4.78 is 38.4. The number of sulfonamides is 1. The Morgan fingerprint density at radius 1 is 1.44 bits per heavy atom. The van der Waals surface area contributed by atoms with Gasteiger partial charge in [-0.3, -0.25) is 0 Å². The van der Waals surface area contributed by atoms with Crippen molar-refractivity contribution in [2.45, 2.75) is 25.5 Å². The van der Waals surface area contributed by atoms with Gasteiger partial charge < -0.3 is 5.11 Å². The molecule has 0 aliphatic carbocycles. The fourth-order valence-electron chi connectivity index (χ4n) is 1.51. The second-order valence-corrected chi connectivity index (χ2v) is 6.44. The van der Waals surface area contributed by atoms with Crippen LogP contribution >= 0.6 is 0 Å². The van der Waals surface area contributed by atoms with Crippen molar-refractivity contribution in [2.24, 2.45) is 0 Å². The fourth-order valence-corrected chi connectivity index (χ4v) is 2.38. The molecule has 0 fully saturated rings. The van der Waals surface area contributed by atoms with Crippen molar-refractivity contribution in [1.82, 2.24) is 4.72 Å². The third-order valence-electron chi connectivity index (χ3n) is 2.79. The number of rotatable bonds is 6. The fraction of sp³-hybridized carbons (Fsp3) is 0.500. The van der Waals surface area contributed by atoms with Gasteiger partial charge in [0, 0.05) is 6.54 Å². The van der Waals surface area contributed by atoms with E-state index in [1.54, 1.807) is 13.0 Å². The minimum atomic E-state index is -3.48. The van der Waals surface area contributed by atoms with Crippen LogP contribution in [-0.4, -0.2) is 31.9 Å².